The number of urea groups is 1. The number of nitrogens with one attached hydrogen (secondary N) is 1. The number of amides is 3. The molecule has 114 valence electrons. The van der Waals surface area contributed by atoms with Gasteiger partial charge in [-0.25, -0.2) is 9.59 Å². The van der Waals surface area contributed by atoms with Gasteiger partial charge in [0.25, 0.3) is 0 Å². The Kier molecular flexibility index (Phi) is 6.27. The Labute approximate surface area is 118 Å². The van der Waals surface area contributed by atoms with Crippen molar-refractivity contribution >= 4 is 17.9 Å². The molecular formula is C13H23N3O4. The third kappa shape index (κ3) is 4.71. The standard InChI is InChI=1S/C13H23N3O4/c1-2-5-10(12(18)19)15-13(20)16(8-11(14)17)9-6-3-4-7-9/h9-10H,2-8H2,1H3,(H2,14,17)(H,15,20)(H,18,19)/t10-/m0/s1. The zero-order chi connectivity index (χ0) is 15.1. The van der Waals surface area contributed by atoms with Crippen LogP contribution in [0.15, 0.2) is 0 Å². The highest BCUT2D eigenvalue weighted by Crippen LogP contribution is 2.23. The molecule has 1 rings (SSSR count). The van der Waals surface area contributed by atoms with Crippen LogP contribution in [0, 0.1) is 0 Å². The van der Waals surface area contributed by atoms with E-state index in [1.54, 1.807) is 0 Å². The normalized spacial score (nSPS) is 16.6. The lowest BCUT2D eigenvalue weighted by Crippen LogP contribution is -2.53. The number of carboxylic acids is 1. The van der Waals surface area contributed by atoms with E-state index in [2.05, 4.69) is 5.32 Å². The van der Waals surface area contributed by atoms with Crippen molar-refractivity contribution in [3.63, 3.8) is 0 Å². The predicted octanol–water partition coefficient (Wildman–Crippen LogP) is 0.679. The minimum Gasteiger partial charge on any atom is -0.480 e. The Bertz CT molecular complexity index is 367. The molecule has 3 amide bonds. The van der Waals surface area contributed by atoms with Crippen LogP contribution in [0.5, 0.6) is 0 Å². The van der Waals surface area contributed by atoms with Crippen LogP contribution < -0.4 is 11.1 Å². The van der Waals surface area contributed by atoms with Crippen molar-refractivity contribution in [2.45, 2.75) is 57.5 Å². The highest BCUT2D eigenvalue weighted by molar-refractivity contribution is 5.86. The van der Waals surface area contributed by atoms with Crippen LogP contribution in [-0.4, -0.2) is 46.5 Å². The highest BCUT2D eigenvalue weighted by Gasteiger charge is 2.30. The zero-order valence-electron chi connectivity index (χ0n) is 11.8. The summed E-state index contributed by atoms with van der Waals surface area (Å²) in [5.74, 6) is -1.65. The molecule has 0 unspecified atom stereocenters. The lowest BCUT2D eigenvalue weighted by molar-refractivity contribution is -0.139. The van der Waals surface area contributed by atoms with Crippen LogP contribution in [0.4, 0.5) is 4.79 Å². The molecule has 0 bridgehead atoms. The van der Waals surface area contributed by atoms with Gasteiger partial charge in [0, 0.05) is 6.04 Å². The molecule has 0 aromatic rings. The smallest absolute Gasteiger partial charge is 0.326 e. The van der Waals surface area contributed by atoms with E-state index < -0.39 is 23.9 Å². The fraction of sp³-hybridized carbons (Fsp3) is 0.769. The average molecular weight is 285 g/mol. The van der Waals surface area contributed by atoms with Gasteiger partial charge in [0.05, 0.1) is 0 Å². The summed E-state index contributed by atoms with van der Waals surface area (Å²) in [5.41, 5.74) is 5.17. The number of primary amides is 1. The van der Waals surface area contributed by atoms with E-state index in [0.717, 1.165) is 25.7 Å². The van der Waals surface area contributed by atoms with Gasteiger partial charge in [0.2, 0.25) is 5.91 Å². The molecule has 0 aliphatic heterocycles. The molecule has 0 aromatic heterocycles. The summed E-state index contributed by atoms with van der Waals surface area (Å²) in [6.45, 7) is 1.68. The van der Waals surface area contributed by atoms with Crippen molar-refractivity contribution in [2.24, 2.45) is 5.73 Å². The first-order chi connectivity index (χ1) is 9.45. The highest BCUT2D eigenvalue weighted by atomic mass is 16.4. The molecule has 7 nitrogen and oxygen atoms in total. The minimum absolute atomic E-state index is 0.0291. The van der Waals surface area contributed by atoms with Gasteiger partial charge >= 0.3 is 12.0 Å². The van der Waals surface area contributed by atoms with E-state index >= 15 is 0 Å². The summed E-state index contributed by atoms with van der Waals surface area (Å²) in [6, 6.07) is -1.47. The second-order valence-corrected chi connectivity index (χ2v) is 5.16. The molecule has 0 radical (unpaired) electrons. The number of rotatable bonds is 7. The molecule has 20 heavy (non-hydrogen) atoms. The van der Waals surface area contributed by atoms with E-state index in [-0.39, 0.29) is 12.6 Å². The molecule has 0 heterocycles. The van der Waals surface area contributed by atoms with Crippen molar-refractivity contribution in [1.29, 1.82) is 0 Å². The van der Waals surface area contributed by atoms with E-state index in [9.17, 15) is 14.4 Å². The molecule has 4 N–H and O–H groups in total. The number of carbonyl (C=O) groups is 3. The number of carboxylic acid groups (broad SMARTS) is 1. The topological polar surface area (TPSA) is 113 Å². The van der Waals surface area contributed by atoms with Crippen LogP contribution in [0.25, 0.3) is 0 Å². The van der Waals surface area contributed by atoms with E-state index in [1.165, 1.54) is 4.90 Å². The van der Waals surface area contributed by atoms with E-state index in [4.69, 9.17) is 10.8 Å². The third-order valence-corrected chi connectivity index (χ3v) is 3.53. The van der Waals surface area contributed by atoms with E-state index in [0.29, 0.717) is 12.8 Å². The van der Waals surface area contributed by atoms with Crippen LogP contribution in [0.2, 0.25) is 0 Å². The monoisotopic (exact) mass is 285 g/mol. The lowest BCUT2D eigenvalue weighted by atomic mass is 10.1. The van der Waals surface area contributed by atoms with Crippen molar-refractivity contribution in [3.05, 3.63) is 0 Å². The minimum atomic E-state index is -1.06. The predicted molar refractivity (Wildman–Crippen MR) is 73.0 cm³/mol. The summed E-state index contributed by atoms with van der Waals surface area (Å²) in [7, 11) is 0. The van der Waals surface area contributed by atoms with Gasteiger partial charge in [-0.2, -0.15) is 0 Å². The first kappa shape index (κ1) is 16.3. The van der Waals surface area contributed by atoms with Crippen LogP contribution in [-0.2, 0) is 9.59 Å². The number of aliphatic carboxylic acids is 1. The summed E-state index contributed by atoms with van der Waals surface area (Å²) in [4.78, 5) is 35.7. The third-order valence-electron chi connectivity index (χ3n) is 3.53. The number of nitrogens with zero attached hydrogens (tertiary/aromatic N) is 1. The largest absolute Gasteiger partial charge is 0.480 e. The second-order valence-electron chi connectivity index (χ2n) is 5.16. The van der Waals surface area contributed by atoms with Crippen molar-refractivity contribution in [2.75, 3.05) is 6.54 Å². The van der Waals surface area contributed by atoms with Gasteiger partial charge in [-0.15, -0.1) is 0 Å². The van der Waals surface area contributed by atoms with Crippen LogP contribution in [0.1, 0.15) is 45.4 Å². The number of hydrogen-bond acceptors (Lipinski definition) is 3. The number of hydrogen-bond donors (Lipinski definition) is 3. The molecule has 7 heteroatoms. The zero-order valence-corrected chi connectivity index (χ0v) is 11.8. The molecule has 0 saturated heterocycles. The molecule has 1 atom stereocenters. The Hall–Kier alpha value is -1.79. The first-order valence-corrected chi connectivity index (χ1v) is 7.04. The summed E-state index contributed by atoms with van der Waals surface area (Å²) >= 11 is 0. The van der Waals surface area contributed by atoms with Gasteiger partial charge in [-0.1, -0.05) is 26.2 Å². The SMILES string of the molecule is CCC[C@H](NC(=O)N(CC(N)=O)C1CCCC1)C(=O)O. The molecular weight excluding hydrogens is 262 g/mol. The van der Waals surface area contributed by atoms with E-state index in [1.807, 2.05) is 6.92 Å². The van der Waals surface area contributed by atoms with Gasteiger partial charge < -0.3 is 21.1 Å². The number of carbonyl (C=O) groups excluding carboxylic acids is 2. The van der Waals surface area contributed by atoms with Crippen molar-refractivity contribution < 1.29 is 19.5 Å². The molecule has 1 aliphatic carbocycles. The summed E-state index contributed by atoms with van der Waals surface area (Å²) < 4.78 is 0. The molecule has 0 aromatic carbocycles. The average Bonchev–Trinajstić information content (AvgIpc) is 2.88. The maximum Gasteiger partial charge on any atom is 0.326 e. The Morgan fingerprint density at radius 1 is 1.35 bits per heavy atom. The van der Waals surface area contributed by atoms with Gasteiger partial charge in [0.1, 0.15) is 12.6 Å². The molecule has 1 saturated carbocycles. The Morgan fingerprint density at radius 3 is 2.40 bits per heavy atom. The number of nitrogens with two attached hydrogens (primary N) is 1. The molecule has 1 aliphatic rings. The maximum absolute atomic E-state index is 12.2. The molecule has 1 fully saturated rings. The van der Waals surface area contributed by atoms with Gasteiger partial charge in [0.15, 0.2) is 0 Å². The van der Waals surface area contributed by atoms with Crippen molar-refractivity contribution in [1.82, 2.24) is 10.2 Å². The second kappa shape index (κ2) is 7.72. The summed E-state index contributed by atoms with van der Waals surface area (Å²) in [5, 5.41) is 11.5. The summed E-state index contributed by atoms with van der Waals surface area (Å²) in [6.07, 6.45) is 4.67. The quantitative estimate of drug-likeness (QED) is 0.638. The molecule has 0 spiro atoms. The fourth-order valence-corrected chi connectivity index (χ4v) is 2.53. The van der Waals surface area contributed by atoms with Crippen molar-refractivity contribution in [3.8, 4) is 0 Å². The van der Waals surface area contributed by atoms with Crippen LogP contribution >= 0.6 is 0 Å². The van der Waals surface area contributed by atoms with Crippen LogP contribution in [0.3, 0.4) is 0 Å². The Morgan fingerprint density at radius 2 is 1.95 bits per heavy atom. The lowest BCUT2D eigenvalue weighted by Gasteiger charge is -2.29. The first-order valence-electron chi connectivity index (χ1n) is 7.04. The van der Waals surface area contributed by atoms with Gasteiger partial charge in [-0.3, -0.25) is 4.79 Å². The maximum atomic E-state index is 12.2. The fourth-order valence-electron chi connectivity index (χ4n) is 2.53. The Balaban J connectivity index is 2.70. The van der Waals surface area contributed by atoms with Gasteiger partial charge in [-0.05, 0) is 19.3 Å².